The van der Waals surface area contributed by atoms with E-state index in [-0.39, 0.29) is 5.78 Å². The predicted molar refractivity (Wildman–Crippen MR) is 77.4 cm³/mol. The fourth-order valence-electron chi connectivity index (χ4n) is 1.77. The first kappa shape index (κ1) is 13.1. The Morgan fingerprint density at radius 3 is 2.47 bits per heavy atom. The summed E-state index contributed by atoms with van der Waals surface area (Å²) in [4.78, 5) is 11.4. The number of benzene rings is 2. The zero-order valence-corrected chi connectivity index (χ0v) is 10.9. The summed E-state index contributed by atoms with van der Waals surface area (Å²) in [5, 5.41) is 0. The highest BCUT2D eigenvalue weighted by atomic mass is 16.5. The summed E-state index contributed by atoms with van der Waals surface area (Å²) in [7, 11) is 0. The van der Waals surface area contributed by atoms with Gasteiger partial charge in [0, 0.05) is 0 Å². The van der Waals surface area contributed by atoms with E-state index in [4.69, 9.17) is 4.74 Å². The van der Waals surface area contributed by atoms with Crippen LogP contribution < -0.4 is 4.74 Å². The maximum absolute atomic E-state index is 11.4. The molecule has 0 fully saturated rings. The van der Waals surface area contributed by atoms with Crippen molar-refractivity contribution in [3.05, 3.63) is 71.8 Å². The zero-order chi connectivity index (χ0) is 13.5. The van der Waals surface area contributed by atoms with E-state index < -0.39 is 0 Å². The van der Waals surface area contributed by atoms with Gasteiger partial charge in [0.1, 0.15) is 12.4 Å². The van der Waals surface area contributed by atoms with Gasteiger partial charge in [0.15, 0.2) is 5.78 Å². The highest BCUT2D eigenvalue weighted by molar-refractivity contribution is 5.96. The van der Waals surface area contributed by atoms with E-state index in [0.29, 0.717) is 17.9 Å². The van der Waals surface area contributed by atoms with Gasteiger partial charge in [-0.05, 0) is 30.7 Å². The summed E-state index contributed by atoms with van der Waals surface area (Å²) in [6.07, 6.45) is 3.93. The van der Waals surface area contributed by atoms with Crippen LogP contribution in [0, 0.1) is 0 Å². The summed E-state index contributed by atoms with van der Waals surface area (Å²) in [6, 6.07) is 17.3. The molecule has 19 heavy (non-hydrogen) atoms. The Bertz CT molecular complexity index is 571. The van der Waals surface area contributed by atoms with E-state index in [1.165, 1.54) is 0 Å². The summed E-state index contributed by atoms with van der Waals surface area (Å²) in [5.41, 5.74) is 1.75. The number of hydrogen-bond donors (Lipinski definition) is 0. The van der Waals surface area contributed by atoms with E-state index in [9.17, 15) is 4.79 Å². The highest BCUT2D eigenvalue weighted by Crippen LogP contribution is 2.18. The van der Waals surface area contributed by atoms with Gasteiger partial charge >= 0.3 is 0 Å². The number of hydrogen-bond acceptors (Lipinski definition) is 2. The maximum atomic E-state index is 11.4. The second-order valence-corrected chi connectivity index (χ2v) is 4.18. The van der Waals surface area contributed by atoms with Gasteiger partial charge in [-0.1, -0.05) is 48.5 Å². The van der Waals surface area contributed by atoms with Crippen LogP contribution in [0.1, 0.15) is 22.8 Å². The molecule has 0 N–H and O–H groups in total. The van der Waals surface area contributed by atoms with Crippen LogP contribution in [0.3, 0.4) is 0 Å². The summed E-state index contributed by atoms with van der Waals surface area (Å²) in [5.74, 6) is 0.648. The lowest BCUT2D eigenvalue weighted by Crippen LogP contribution is -2.00. The van der Waals surface area contributed by atoms with Crippen molar-refractivity contribution in [2.75, 3.05) is 6.61 Å². The molecule has 0 spiro atoms. The Kier molecular flexibility index (Phi) is 4.51. The minimum atomic E-state index is 0.0163. The lowest BCUT2D eigenvalue weighted by atomic mass is 10.1. The standard InChI is InChI=1S/C17H16O2/c1-14(18)16-11-5-6-12-17(16)19-13-7-10-15-8-3-2-4-9-15/h2-12H,13H2,1H3/b10-7+. The van der Waals surface area contributed by atoms with Crippen molar-refractivity contribution in [2.45, 2.75) is 6.92 Å². The molecular weight excluding hydrogens is 236 g/mol. The number of Topliss-reactive ketones (excluding diaryl/α,β-unsaturated/α-hetero) is 1. The molecule has 96 valence electrons. The van der Waals surface area contributed by atoms with Crippen molar-refractivity contribution in [1.29, 1.82) is 0 Å². The molecule has 0 unspecified atom stereocenters. The molecule has 0 atom stereocenters. The Labute approximate surface area is 113 Å². The summed E-state index contributed by atoms with van der Waals surface area (Å²) < 4.78 is 5.61. The van der Waals surface area contributed by atoms with Gasteiger partial charge in [-0.3, -0.25) is 4.79 Å². The van der Waals surface area contributed by atoms with E-state index in [0.717, 1.165) is 5.56 Å². The summed E-state index contributed by atoms with van der Waals surface area (Å²) in [6.45, 7) is 1.99. The molecule has 0 aliphatic rings. The van der Waals surface area contributed by atoms with Gasteiger partial charge in [-0.15, -0.1) is 0 Å². The Morgan fingerprint density at radius 1 is 1.05 bits per heavy atom. The zero-order valence-electron chi connectivity index (χ0n) is 10.9. The first-order valence-electron chi connectivity index (χ1n) is 6.22. The average molecular weight is 252 g/mol. The van der Waals surface area contributed by atoms with Crippen LogP contribution in [0.5, 0.6) is 5.75 Å². The third-order valence-electron chi connectivity index (χ3n) is 2.71. The molecule has 0 saturated heterocycles. The van der Waals surface area contributed by atoms with E-state index in [1.807, 2.05) is 60.7 Å². The molecule has 0 aliphatic heterocycles. The average Bonchev–Trinajstić information content (AvgIpc) is 2.45. The number of ether oxygens (including phenoxy) is 1. The van der Waals surface area contributed by atoms with Crippen molar-refractivity contribution in [1.82, 2.24) is 0 Å². The van der Waals surface area contributed by atoms with Crippen molar-refractivity contribution >= 4 is 11.9 Å². The fourth-order valence-corrected chi connectivity index (χ4v) is 1.77. The van der Waals surface area contributed by atoms with Gasteiger partial charge < -0.3 is 4.74 Å². The van der Waals surface area contributed by atoms with Gasteiger partial charge in [0.2, 0.25) is 0 Å². The Balaban J connectivity index is 1.96. The monoisotopic (exact) mass is 252 g/mol. The molecule has 2 rings (SSSR count). The second kappa shape index (κ2) is 6.55. The van der Waals surface area contributed by atoms with Crippen LogP contribution >= 0.6 is 0 Å². The van der Waals surface area contributed by atoms with Gasteiger partial charge in [-0.2, -0.15) is 0 Å². The number of ketones is 1. The summed E-state index contributed by atoms with van der Waals surface area (Å²) >= 11 is 0. The minimum Gasteiger partial charge on any atom is -0.489 e. The third kappa shape index (κ3) is 3.81. The van der Waals surface area contributed by atoms with Gasteiger partial charge in [-0.25, -0.2) is 0 Å². The molecule has 0 heterocycles. The van der Waals surface area contributed by atoms with Crippen molar-refractivity contribution < 1.29 is 9.53 Å². The van der Waals surface area contributed by atoms with Gasteiger partial charge in [0.05, 0.1) is 5.56 Å². The van der Waals surface area contributed by atoms with Crippen LogP contribution in [0.15, 0.2) is 60.7 Å². The number of carbonyl (C=O) groups is 1. The molecule has 0 aromatic heterocycles. The predicted octanol–water partition coefficient (Wildman–Crippen LogP) is 3.98. The third-order valence-corrected chi connectivity index (χ3v) is 2.71. The van der Waals surface area contributed by atoms with Crippen molar-refractivity contribution in [2.24, 2.45) is 0 Å². The van der Waals surface area contributed by atoms with Crippen LogP contribution in [0.25, 0.3) is 6.08 Å². The van der Waals surface area contributed by atoms with Crippen LogP contribution in [-0.4, -0.2) is 12.4 Å². The van der Waals surface area contributed by atoms with Crippen LogP contribution in [0.2, 0.25) is 0 Å². The molecule has 2 heteroatoms. The second-order valence-electron chi connectivity index (χ2n) is 4.18. The molecule has 0 amide bonds. The molecule has 0 bridgehead atoms. The molecule has 0 radical (unpaired) electrons. The molecule has 0 saturated carbocycles. The number of para-hydroxylation sites is 1. The quantitative estimate of drug-likeness (QED) is 0.752. The molecule has 2 nitrogen and oxygen atoms in total. The Hall–Kier alpha value is -2.35. The van der Waals surface area contributed by atoms with E-state index in [1.54, 1.807) is 13.0 Å². The van der Waals surface area contributed by atoms with Crippen LogP contribution in [-0.2, 0) is 0 Å². The normalized spacial score (nSPS) is 10.6. The lowest BCUT2D eigenvalue weighted by Gasteiger charge is -2.07. The van der Waals surface area contributed by atoms with Crippen molar-refractivity contribution in [3.63, 3.8) is 0 Å². The fraction of sp³-hybridized carbons (Fsp3) is 0.118. The molecule has 2 aromatic rings. The molecular formula is C17H16O2. The van der Waals surface area contributed by atoms with Gasteiger partial charge in [0.25, 0.3) is 0 Å². The lowest BCUT2D eigenvalue weighted by molar-refractivity contribution is 0.101. The van der Waals surface area contributed by atoms with Crippen LogP contribution in [0.4, 0.5) is 0 Å². The SMILES string of the molecule is CC(=O)c1ccccc1OC/C=C/c1ccccc1. The number of rotatable bonds is 5. The Morgan fingerprint density at radius 2 is 1.74 bits per heavy atom. The number of carbonyl (C=O) groups excluding carboxylic acids is 1. The minimum absolute atomic E-state index is 0.0163. The maximum Gasteiger partial charge on any atom is 0.163 e. The molecule has 0 aliphatic carbocycles. The topological polar surface area (TPSA) is 26.3 Å². The first-order valence-corrected chi connectivity index (χ1v) is 6.22. The van der Waals surface area contributed by atoms with E-state index in [2.05, 4.69) is 0 Å². The first-order chi connectivity index (χ1) is 9.27. The largest absolute Gasteiger partial charge is 0.489 e. The molecule has 2 aromatic carbocycles. The smallest absolute Gasteiger partial charge is 0.163 e. The van der Waals surface area contributed by atoms with E-state index >= 15 is 0 Å². The van der Waals surface area contributed by atoms with Crippen molar-refractivity contribution in [3.8, 4) is 5.75 Å². The highest BCUT2D eigenvalue weighted by Gasteiger charge is 2.05.